The van der Waals surface area contributed by atoms with Crippen molar-refractivity contribution < 1.29 is 98.0 Å². The van der Waals surface area contributed by atoms with Crippen LogP contribution < -0.4 is 15.6 Å². The van der Waals surface area contributed by atoms with Gasteiger partial charge in [0.15, 0.2) is 12.4 Å². The maximum absolute atomic E-state index is 12.9. The van der Waals surface area contributed by atoms with Gasteiger partial charge in [-0.3, -0.25) is 14.2 Å². The van der Waals surface area contributed by atoms with Crippen LogP contribution >= 0.6 is 39.2 Å². The van der Waals surface area contributed by atoms with E-state index in [0.717, 1.165) is 40.5 Å². The molecule has 0 aliphatic heterocycles. The standard InChI is InChI=1S/C24H19F3N2O5.C24H17F3N2O3.C10H10BrNO2.C7H15O4P.C6H4BrNO.H3N/c1-2-33-23(32)22(31)21(30)20-5-3-4-19(29-20)14-6-8-16(9-7-14)34-17-10-11-18(24(25,26)27)15(12-17)13-28;1-2-31-23(30)13-8-18-4-3-5-22(29-18)16-6-9-19(10-7-16)32-20-11-12-21(24(25,26)27)17(14-20)15-28;1-2-14-10(13)7-6-8-4-3-5-9(11)12-8;1-4-10-7(8)6-12(3,9)11-5-2;7-6-3-1-2-5(4-9)8-6;/h3-12,21-22,30-31H,2H2,1H3;3-14H,2H2,1H3;3-7H,2H2,1H3;4-6H2,1-3H3;1-4H;1H3/b;13-8+;7-6+;;;/t21-,22+;;;;;/m1...../s1. The van der Waals surface area contributed by atoms with Crippen molar-refractivity contribution in [3.63, 3.8) is 0 Å². The summed E-state index contributed by atoms with van der Waals surface area (Å²) in [6, 6.07) is 42.8. The number of alkyl halides is 6. The summed E-state index contributed by atoms with van der Waals surface area (Å²) in [6.45, 7) is 11.3. The molecule has 0 spiro atoms. The fourth-order valence-corrected chi connectivity index (χ4v) is 9.88. The highest BCUT2D eigenvalue weighted by Gasteiger charge is 2.35. The molecule has 3 atom stereocenters. The van der Waals surface area contributed by atoms with Crippen molar-refractivity contribution in [3.8, 4) is 57.7 Å². The van der Waals surface area contributed by atoms with Gasteiger partial charge < -0.3 is 49.3 Å². The van der Waals surface area contributed by atoms with E-state index in [0.29, 0.717) is 76.2 Å². The summed E-state index contributed by atoms with van der Waals surface area (Å²) in [6.07, 6.45) is -6.23. The molecule has 4 heterocycles. The zero-order chi connectivity index (χ0) is 74.7. The molecule has 538 valence electrons. The van der Waals surface area contributed by atoms with Crippen LogP contribution in [0.2, 0.25) is 0 Å². The van der Waals surface area contributed by atoms with Gasteiger partial charge in [0.25, 0.3) is 0 Å². The SMILES string of the molecule is CCOC(=O)/C=C/c1cccc(-c2ccc(Oc3ccc(C(F)(F)F)c(C#N)c3)cc2)n1.CCOC(=O)/C=C/c1cccc(Br)n1.CCOC(=O)CP(C)(=O)OCC.CCOC(=O)[C@@H](O)[C@H](O)c1cccc(-c2ccc(Oc3ccc(C(F)(F)F)c(C#N)c3)cc2)n1.N.O=Cc1cccc(Br)n1. The molecule has 0 bridgehead atoms. The third kappa shape index (κ3) is 30.3. The molecule has 4 aromatic carbocycles. The summed E-state index contributed by atoms with van der Waals surface area (Å²) < 4.78 is 125. The number of nitriles is 2. The maximum Gasteiger partial charge on any atom is 0.417 e. The number of carbonyl (C=O) groups excluding carboxylic acids is 5. The molecule has 8 aromatic rings. The van der Waals surface area contributed by atoms with Gasteiger partial charge in [0, 0.05) is 29.9 Å². The first kappa shape index (κ1) is 85.9. The number of benzene rings is 4. The largest absolute Gasteiger partial charge is 0.466 e. The van der Waals surface area contributed by atoms with Gasteiger partial charge in [-0.05, 0) is 212 Å². The Balaban J connectivity index is 0.000000362. The summed E-state index contributed by atoms with van der Waals surface area (Å²) in [5.74, 6) is -1.36. The number of hydrogen-bond donors (Lipinski definition) is 3. The molecule has 31 heteroatoms. The normalized spacial score (nSPS) is 11.9. The zero-order valence-electron chi connectivity index (χ0n) is 55.4. The van der Waals surface area contributed by atoms with Crippen LogP contribution in [0.1, 0.15) is 90.5 Å². The number of halogens is 8. The Kier molecular flexibility index (Phi) is 36.5. The Bertz CT molecular complexity index is 4270. The summed E-state index contributed by atoms with van der Waals surface area (Å²) in [5.41, 5.74) is 1.16. The van der Waals surface area contributed by atoms with Crippen LogP contribution in [-0.4, -0.2) is 112 Å². The molecular formula is C71H68Br2F6N7O15P. The molecular weight excluding hydrogens is 1500 g/mol. The van der Waals surface area contributed by atoms with E-state index in [1.807, 2.05) is 12.1 Å². The highest BCUT2D eigenvalue weighted by molar-refractivity contribution is 9.10. The molecule has 0 aliphatic rings. The van der Waals surface area contributed by atoms with Gasteiger partial charge in [-0.1, -0.05) is 24.3 Å². The predicted molar refractivity (Wildman–Crippen MR) is 372 cm³/mol. The van der Waals surface area contributed by atoms with Gasteiger partial charge in [-0.25, -0.2) is 34.3 Å². The van der Waals surface area contributed by atoms with Crippen molar-refractivity contribution in [1.82, 2.24) is 26.1 Å². The van der Waals surface area contributed by atoms with Gasteiger partial charge >= 0.3 is 36.2 Å². The van der Waals surface area contributed by atoms with Crippen LogP contribution in [0.15, 0.2) is 179 Å². The fourth-order valence-electron chi connectivity index (χ4n) is 7.97. The van der Waals surface area contributed by atoms with Crippen molar-refractivity contribution in [1.29, 1.82) is 10.5 Å². The first-order valence-corrected chi connectivity index (χ1v) is 33.9. The summed E-state index contributed by atoms with van der Waals surface area (Å²) in [4.78, 5) is 71.7. The van der Waals surface area contributed by atoms with Gasteiger partial charge in [-0.2, -0.15) is 36.9 Å². The van der Waals surface area contributed by atoms with Crippen LogP contribution in [-0.2, 0) is 59.6 Å². The molecule has 22 nitrogen and oxygen atoms in total. The number of ether oxygens (including phenoxy) is 6. The van der Waals surface area contributed by atoms with E-state index in [2.05, 4.69) is 56.5 Å². The predicted octanol–water partition coefficient (Wildman–Crippen LogP) is 16.1. The van der Waals surface area contributed by atoms with Crippen molar-refractivity contribution in [2.45, 2.75) is 59.2 Å². The molecule has 0 fully saturated rings. The minimum Gasteiger partial charge on any atom is -0.466 e. The number of aromatic nitrogens is 4. The minimum atomic E-state index is -4.65. The number of nitrogens with zero attached hydrogens (tertiary/aromatic N) is 6. The van der Waals surface area contributed by atoms with Crippen LogP contribution in [0.5, 0.6) is 23.0 Å². The lowest BCUT2D eigenvalue weighted by Gasteiger charge is -2.16. The van der Waals surface area contributed by atoms with E-state index in [1.165, 1.54) is 37.0 Å². The Morgan fingerprint density at radius 3 is 1.34 bits per heavy atom. The lowest BCUT2D eigenvalue weighted by Crippen LogP contribution is -2.30. The molecule has 8 rings (SSSR count). The zero-order valence-corrected chi connectivity index (χ0v) is 59.4. The van der Waals surface area contributed by atoms with Crippen molar-refractivity contribution in [2.24, 2.45) is 0 Å². The second kappa shape index (κ2) is 43.4. The number of aliphatic hydroxyl groups excluding tert-OH is 2. The van der Waals surface area contributed by atoms with Crippen LogP contribution in [0.4, 0.5) is 26.3 Å². The van der Waals surface area contributed by atoms with Gasteiger partial charge in [0.1, 0.15) is 50.2 Å². The van der Waals surface area contributed by atoms with E-state index in [4.69, 9.17) is 38.7 Å². The lowest BCUT2D eigenvalue weighted by atomic mass is 10.1. The average molecular weight is 1560 g/mol. The number of carbonyl (C=O) groups is 5. The molecule has 0 saturated carbocycles. The van der Waals surface area contributed by atoms with Gasteiger partial charge in [0.05, 0.1) is 95.9 Å². The number of hydrogen-bond acceptors (Lipinski definition) is 22. The Labute approximate surface area is 599 Å². The topological polar surface area (TPSA) is 342 Å². The molecule has 0 amide bonds. The number of aldehydes is 1. The van der Waals surface area contributed by atoms with E-state index >= 15 is 0 Å². The lowest BCUT2D eigenvalue weighted by molar-refractivity contribution is -0.159. The van der Waals surface area contributed by atoms with E-state index < -0.39 is 72.1 Å². The Morgan fingerprint density at radius 2 is 0.941 bits per heavy atom. The molecule has 0 aliphatic carbocycles. The Morgan fingerprint density at radius 1 is 0.539 bits per heavy atom. The number of esters is 4. The summed E-state index contributed by atoms with van der Waals surface area (Å²) in [7, 11) is -2.75. The van der Waals surface area contributed by atoms with Crippen molar-refractivity contribution >= 4 is 81.5 Å². The number of pyridine rings is 4. The van der Waals surface area contributed by atoms with Gasteiger partial charge in [-0.15, -0.1) is 0 Å². The second-order valence-corrected chi connectivity index (χ2v) is 24.1. The summed E-state index contributed by atoms with van der Waals surface area (Å²) in [5, 5.41) is 38.2. The van der Waals surface area contributed by atoms with Crippen molar-refractivity contribution in [2.75, 3.05) is 45.9 Å². The first-order valence-electron chi connectivity index (χ1n) is 30.0. The fraction of sp³-hybridized carbons (Fsp3) is 0.225. The maximum atomic E-state index is 12.9. The van der Waals surface area contributed by atoms with E-state index in [1.54, 1.807) is 156 Å². The average Bonchev–Trinajstić information content (AvgIpc) is 0.824. The third-order valence-corrected chi connectivity index (χ3v) is 14.9. The molecule has 5 N–H and O–H groups in total. The van der Waals surface area contributed by atoms with Crippen LogP contribution in [0.3, 0.4) is 0 Å². The Hall–Kier alpha value is -10.3. The number of aliphatic hydroxyl groups is 2. The second-order valence-electron chi connectivity index (χ2n) is 19.9. The monoisotopic (exact) mass is 1560 g/mol. The molecule has 1 unspecified atom stereocenters. The summed E-state index contributed by atoms with van der Waals surface area (Å²) >= 11 is 6.37. The molecule has 0 radical (unpaired) electrons. The van der Waals surface area contributed by atoms with E-state index in [9.17, 15) is 65.1 Å². The van der Waals surface area contributed by atoms with Crippen LogP contribution in [0, 0.1) is 22.7 Å². The highest BCUT2D eigenvalue weighted by atomic mass is 79.9. The van der Waals surface area contributed by atoms with Gasteiger partial charge in [0.2, 0.25) is 7.37 Å². The molecule has 0 saturated heterocycles. The minimum absolute atomic E-state index is 0. The third-order valence-electron chi connectivity index (χ3n) is 12.3. The van der Waals surface area contributed by atoms with Crippen LogP contribution in [0.25, 0.3) is 34.7 Å². The number of rotatable bonds is 22. The van der Waals surface area contributed by atoms with E-state index in [-0.39, 0.29) is 48.7 Å². The van der Waals surface area contributed by atoms with Crippen molar-refractivity contribution in [3.05, 3.63) is 224 Å². The highest BCUT2D eigenvalue weighted by Crippen LogP contribution is 2.42. The smallest absolute Gasteiger partial charge is 0.417 e. The quantitative estimate of drug-likeness (QED) is 0.0108. The first-order chi connectivity index (χ1) is 48.0. The molecule has 102 heavy (non-hydrogen) atoms. The molecule has 4 aromatic heterocycles.